The van der Waals surface area contributed by atoms with E-state index < -0.39 is 23.4 Å². The summed E-state index contributed by atoms with van der Waals surface area (Å²) >= 11 is 0. The van der Waals surface area contributed by atoms with Crippen LogP contribution in [0.25, 0.3) is 0 Å². The number of imide groups is 1. The van der Waals surface area contributed by atoms with Gasteiger partial charge >= 0.3 is 6.03 Å². The molecule has 0 bridgehead atoms. The van der Waals surface area contributed by atoms with E-state index in [1.54, 1.807) is 31.2 Å². The lowest BCUT2D eigenvalue weighted by Crippen LogP contribution is -2.43. The molecule has 2 aromatic carbocycles. The molecular formula is C20H18N4O3. The van der Waals surface area contributed by atoms with Crippen molar-refractivity contribution in [2.24, 2.45) is 0 Å². The number of hydrogen-bond acceptors (Lipinski definition) is 4. The maximum atomic E-state index is 12.8. The van der Waals surface area contributed by atoms with Crippen molar-refractivity contribution >= 4 is 17.8 Å². The van der Waals surface area contributed by atoms with Crippen LogP contribution in [0.4, 0.5) is 4.79 Å². The summed E-state index contributed by atoms with van der Waals surface area (Å²) < 4.78 is 0. The average Bonchev–Trinajstić information content (AvgIpc) is 2.91. The second-order valence-corrected chi connectivity index (χ2v) is 6.40. The Morgan fingerprint density at radius 2 is 1.81 bits per heavy atom. The molecule has 136 valence electrons. The van der Waals surface area contributed by atoms with Gasteiger partial charge in [0.05, 0.1) is 11.6 Å². The largest absolute Gasteiger partial charge is 0.350 e. The van der Waals surface area contributed by atoms with Gasteiger partial charge in [0.25, 0.3) is 5.91 Å². The van der Waals surface area contributed by atoms with Crippen LogP contribution >= 0.6 is 0 Å². The number of carbonyl (C=O) groups excluding carboxylic acids is 3. The molecule has 0 aromatic heterocycles. The molecule has 1 aliphatic heterocycles. The zero-order chi connectivity index (χ0) is 19.4. The Kier molecular flexibility index (Phi) is 4.90. The van der Waals surface area contributed by atoms with Gasteiger partial charge in [0.2, 0.25) is 5.91 Å². The predicted molar refractivity (Wildman–Crippen MR) is 97.0 cm³/mol. The van der Waals surface area contributed by atoms with Gasteiger partial charge in [-0.1, -0.05) is 42.5 Å². The van der Waals surface area contributed by atoms with Crippen LogP contribution in [0.15, 0.2) is 54.6 Å². The molecule has 0 radical (unpaired) electrons. The van der Waals surface area contributed by atoms with E-state index in [1.807, 2.05) is 36.4 Å². The first-order valence-electron chi connectivity index (χ1n) is 8.39. The number of urea groups is 1. The molecule has 1 unspecified atom stereocenters. The van der Waals surface area contributed by atoms with Crippen LogP contribution < -0.4 is 10.6 Å². The number of nitrogens with zero attached hydrogens (tertiary/aromatic N) is 2. The highest BCUT2D eigenvalue weighted by Crippen LogP contribution is 2.28. The van der Waals surface area contributed by atoms with Crippen molar-refractivity contribution in [3.63, 3.8) is 0 Å². The molecule has 1 aliphatic rings. The first-order valence-corrected chi connectivity index (χ1v) is 8.39. The van der Waals surface area contributed by atoms with Crippen molar-refractivity contribution in [3.05, 3.63) is 71.3 Å². The van der Waals surface area contributed by atoms with Crippen LogP contribution in [0, 0.1) is 11.3 Å². The van der Waals surface area contributed by atoms with Crippen LogP contribution in [0.3, 0.4) is 0 Å². The fourth-order valence-electron chi connectivity index (χ4n) is 2.91. The Morgan fingerprint density at radius 1 is 1.15 bits per heavy atom. The standard InChI is InChI=1S/C20H18N4O3/c1-20(16-9-7-14(11-21)8-10-16)18(26)24(19(27)23-20)13-17(25)22-12-15-5-3-2-4-6-15/h2-10H,12-13H2,1H3,(H,22,25)(H,23,27). The Morgan fingerprint density at radius 3 is 2.44 bits per heavy atom. The van der Waals surface area contributed by atoms with Gasteiger partial charge in [-0.05, 0) is 30.2 Å². The number of hydrogen-bond donors (Lipinski definition) is 2. The third-order valence-corrected chi connectivity index (χ3v) is 4.50. The lowest BCUT2D eigenvalue weighted by atomic mass is 9.91. The molecule has 7 heteroatoms. The van der Waals surface area contributed by atoms with Gasteiger partial charge in [0.15, 0.2) is 0 Å². The minimum absolute atomic E-state index is 0.316. The highest BCUT2D eigenvalue weighted by atomic mass is 16.2. The van der Waals surface area contributed by atoms with E-state index in [9.17, 15) is 14.4 Å². The van der Waals surface area contributed by atoms with Crippen molar-refractivity contribution in [2.45, 2.75) is 19.0 Å². The molecule has 7 nitrogen and oxygen atoms in total. The van der Waals surface area contributed by atoms with E-state index in [-0.39, 0.29) is 6.54 Å². The summed E-state index contributed by atoms with van der Waals surface area (Å²) in [6, 6.07) is 17.1. The van der Waals surface area contributed by atoms with Gasteiger partial charge in [-0.25, -0.2) is 4.79 Å². The maximum absolute atomic E-state index is 12.8. The third kappa shape index (κ3) is 3.65. The summed E-state index contributed by atoms with van der Waals surface area (Å²) in [7, 11) is 0. The summed E-state index contributed by atoms with van der Waals surface area (Å²) in [6.07, 6.45) is 0. The molecule has 2 aromatic rings. The highest BCUT2D eigenvalue weighted by Gasteiger charge is 2.49. The monoisotopic (exact) mass is 362 g/mol. The minimum Gasteiger partial charge on any atom is -0.350 e. The molecule has 2 N–H and O–H groups in total. The lowest BCUT2D eigenvalue weighted by molar-refractivity contribution is -0.134. The number of amides is 4. The lowest BCUT2D eigenvalue weighted by Gasteiger charge is -2.22. The molecule has 1 saturated heterocycles. The van der Waals surface area contributed by atoms with Gasteiger partial charge in [-0.15, -0.1) is 0 Å². The molecule has 4 amide bonds. The number of nitriles is 1. The molecule has 3 rings (SSSR count). The topological polar surface area (TPSA) is 102 Å². The highest BCUT2D eigenvalue weighted by molar-refractivity contribution is 6.09. The third-order valence-electron chi connectivity index (χ3n) is 4.50. The van der Waals surface area contributed by atoms with Crippen molar-refractivity contribution in [2.75, 3.05) is 6.54 Å². The average molecular weight is 362 g/mol. The van der Waals surface area contributed by atoms with Gasteiger partial charge in [-0.3, -0.25) is 14.5 Å². The molecule has 0 spiro atoms. The molecule has 1 heterocycles. The van der Waals surface area contributed by atoms with Crippen molar-refractivity contribution < 1.29 is 14.4 Å². The second-order valence-electron chi connectivity index (χ2n) is 6.40. The zero-order valence-electron chi connectivity index (χ0n) is 14.7. The van der Waals surface area contributed by atoms with Crippen LogP contribution in [-0.4, -0.2) is 29.3 Å². The van der Waals surface area contributed by atoms with Crippen molar-refractivity contribution in [3.8, 4) is 6.07 Å². The van der Waals surface area contributed by atoms with E-state index in [0.717, 1.165) is 10.5 Å². The summed E-state index contributed by atoms with van der Waals surface area (Å²) in [4.78, 5) is 38.1. The van der Waals surface area contributed by atoms with E-state index in [1.165, 1.54) is 0 Å². The first-order chi connectivity index (χ1) is 12.9. The molecule has 0 aliphatic carbocycles. The number of nitrogens with one attached hydrogen (secondary N) is 2. The van der Waals surface area contributed by atoms with Crippen LogP contribution in [0.1, 0.15) is 23.6 Å². The minimum atomic E-state index is -1.27. The van der Waals surface area contributed by atoms with Gasteiger partial charge in [-0.2, -0.15) is 5.26 Å². The summed E-state index contributed by atoms with van der Waals surface area (Å²) in [5.74, 6) is -0.932. The van der Waals surface area contributed by atoms with Crippen molar-refractivity contribution in [1.29, 1.82) is 5.26 Å². The zero-order valence-corrected chi connectivity index (χ0v) is 14.7. The Balaban J connectivity index is 1.68. The maximum Gasteiger partial charge on any atom is 0.325 e. The van der Waals surface area contributed by atoms with Crippen LogP contribution in [-0.2, 0) is 21.7 Å². The van der Waals surface area contributed by atoms with Crippen LogP contribution in [0.2, 0.25) is 0 Å². The van der Waals surface area contributed by atoms with E-state index in [4.69, 9.17) is 5.26 Å². The number of benzene rings is 2. The fraction of sp³-hybridized carbons (Fsp3) is 0.200. The summed E-state index contributed by atoms with van der Waals surface area (Å²) in [6.45, 7) is 1.54. The Hall–Kier alpha value is -3.66. The van der Waals surface area contributed by atoms with E-state index >= 15 is 0 Å². The quantitative estimate of drug-likeness (QED) is 0.789. The summed E-state index contributed by atoms with van der Waals surface area (Å²) in [5.41, 5.74) is 0.652. The van der Waals surface area contributed by atoms with Gasteiger partial charge in [0, 0.05) is 6.54 Å². The second kappa shape index (κ2) is 7.30. The van der Waals surface area contributed by atoms with E-state index in [2.05, 4.69) is 10.6 Å². The van der Waals surface area contributed by atoms with Crippen molar-refractivity contribution in [1.82, 2.24) is 15.5 Å². The van der Waals surface area contributed by atoms with E-state index in [0.29, 0.717) is 17.7 Å². The molecule has 1 fully saturated rings. The first kappa shape index (κ1) is 18.1. The fourth-order valence-corrected chi connectivity index (χ4v) is 2.91. The molecule has 0 saturated carbocycles. The molecular weight excluding hydrogens is 344 g/mol. The Bertz CT molecular complexity index is 918. The molecule has 1 atom stereocenters. The number of rotatable bonds is 5. The number of carbonyl (C=O) groups is 3. The van der Waals surface area contributed by atoms with Gasteiger partial charge in [0.1, 0.15) is 12.1 Å². The smallest absolute Gasteiger partial charge is 0.325 e. The summed E-state index contributed by atoms with van der Waals surface area (Å²) in [5, 5.41) is 14.2. The van der Waals surface area contributed by atoms with Crippen LogP contribution in [0.5, 0.6) is 0 Å². The Labute approximate surface area is 156 Å². The molecule has 27 heavy (non-hydrogen) atoms. The normalized spacial score (nSPS) is 18.7. The SMILES string of the molecule is CC1(c2ccc(C#N)cc2)NC(=O)N(CC(=O)NCc2ccccc2)C1=O. The predicted octanol–water partition coefficient (Wildman–Crippen LogP) is 1.64. The van der Waals surface area contributed by atoms with Gasteiger partial charge < -0.3 is 10.6 Å².